The molecule has 0 bridgehead atoms. The van der Waals surface area contributed by atoms with Gasteiger partial charge in [-0.25, -0.2) is 4.98 Å². The van der Waals surface area contributed by atoms with Crippen LogP contribution in [-0.2, 0) is 6.54 Å². The second-order valence-corrected chi connectivity index (χ2v) is 4.96. The van der Waals surface area contributed by atoms with Crippen molar-refractivity contribution in [3.05, 3.63) is 46.7 Å². The van der Waals surface area contributed by atoms with Crippen molar-refractivity contribution >= 4 is 38.8 Å². The van der Waals surface area contributed by atoms with Crippen LogP contribution in [0.1, 0.15) is 5.69 Å². The van der Waals surface area contributed by atoms with Crippen molar-refractivity contribution < 1.29 is 0 Å². The molecule has 2 aromatic heterocycles. The molecule has 5 heteroatoms. The van der Waals surface area contributed by atoms with Gasteiger partial charge in [-0.05, 0) is 24.3 Å². The standard InChI is InChI=1S/C12H10ClN3S/c13-9-3-4-10-12(16-7-17-10)11(9)15-6-8-2-1-5-14-8/h1-5,7,14-15H,6H2. The molecular weight excluding hydrogens is 254 g/mol. The van der Waals surface area contributed by atoms with Crippen molar-refractivity contribution in [2.24, 2.45) is 0 Å². The molecule has 2 heterocycles. The quantitative estimate of drug-likeness (QED) is 0.753. The number of aromatic nitrogens is 2. The van der Waals surface area contributed by atoms with Gasteiger partial charge in [0.1, 0.15) is 5.52 Å². The highest BCUT2D eigenvalue weighted by molar-refractivity contribution is 7.16. The number of benzene rings is 1. The number of nitrogens with zero attached hydrogens (tertiary/aromatic N) is 1. The minimum atomic E-state index is 0.704. The third kappa shape index (κ3) is 2.01. The highest BCUT2D eigenvalue weighted by atomic mass is 35.5. The first-order chi connectivity index (χ1) is 8.34. The molecule has 1 aromatic carbocycles. The Morgan fingerprint density at radius 3 is 3.12 bits per heavy atom. The van der Waals surface area contributed by atoms with E-state index in [0.29, 0.717) is 11.6 Å². The Bertz CT molecular complexity index is 630. The van der Waals surface area contributed by atoms with E-state index < -0.39 is 0 Å². The largest absolute Gasteiger partial charge is 0.376 e. The van der Waals surface area contributed by atoms with Gasteiger partial charge in [-0.2, -0.15) is 0 Å². The van der Waals surface area contributed by atoms with Crippen LogP contribution in [0.15, 0.2) is 36.0 Å². The van der Waals surface area contributed by atoms with Crippen molar-refractivity contribution in [2.45, 2.75) is 6.54 Å². The van der Waals surface area contributed by atoms with E-state index in [1.54, 1.807) is 11.3 Å². The molecule has 86 valence electrons. The number of aromatic amines is 1. The van der Waals surface area contributed by atoms with Crippen LogP contribution in [0.3, 0.4) is 0 Å². The molecule has 0 unspecified atom stereocenters. The van der Waals surface area contributed by atoms with Crippen molar-refractivity contribution in [1.29, 1.82) is 0 Å². The zero-order chi connectivity index (χ0) is 11.7. The van der Waals surface area contributed by atoms with E-state index in [1.807, 2.05) is 36.0 Å². The minimum Gasteiger partial charge on any atom is -0.376 e. The summed E-state index contributed by atoms with van der Waals surface area (Å²) in [5.41, 5.74) is 4.79. The molecule has 17 heavy (non-hydrogen) atoms. The second kappa shape index (κ2) is 4.39. The summed E-state index contributed by atoms with van der Waals surface area (Å²) in [4.78, 5) is 7.49. The number of halogens is 1. The first-order valence-corrected chi connectivity index (χ1v) is 6.48. The van der Waals surface area contributed by atoms with Crippen molar-refractivity contribution in [3.8, 4) is 0 Å². The number of hydrogen-bond donors (Lipinski definition) is 2. The molecule has 3 rings (SSSR count). The molecule has 0 saturated heterocycles. The summed E-state index contributed by atoms with van der Waals surface area (Å²) in [7, 11) is 0. The monoisotopic (exact) mass is 263 g/mol. The SMILES string of the molecule is Clc1ccc2scnc2c1NCc1ccc[nH]1. The molecular formula is C12H10ClN3S. The van der Waals surface area contributed by atoms with Crippen LogP contribution in [-0.4, -0.2) is 9.97 Å². The van der Waals surface area contributed by atoms with Gasteiger partial charge in [0, 0.05) is 11.9 Å². The number of anilines is 1. The summed E-state index contributed by atoms with van der Waals surface area (Å²) < 4.78 is 1.14. The van der Waals surface area contributed by atoms with Crippen LogP contribution >= 0.6 is 22.9 Å². The van der Waals surface area contributed by atoms with Gasteiger partial charge in [0.25, 0.3) is 0 Å². The maximum Gasteiger partial charge on any atom is 0.106 e. The Kier molecular flexibility index (Phi) is 2.74. The molecule has 0 amide bonds. The van der Waals surface area contributed by atoms with Gasteiger partial charge in [-0.15, -0.1) is 11.3 Å². The Balaban J connectivity index is 1.93. The summed E-state index contributed by atoms with van der Waals surface area (Å²) in [6.07, 6.45) is 1.90. The van der Waals surface area contributed by atoms with Gasteiger partial charge < -0.3 is 10.3 Å². The van der Waals surface area contributed by atoms with Crippen LogP contribution < -0.4 is 5.32 Å². The fraction of sp³-hybridized carbons (Fsp3) is 0.0833. The highest BCUT2D eigenvalue weighted by Crippen LogP contribution is 2.32. The number of nitrogens with one attached hydrogen (secondary N) is 2. The smallest absolute Gasteiger partial charge is 0.106 e. The van der Waals surface area contributed by atoms with E-state index in [4.69, 9.17) is 11.6 Å². The number of hydrogen-bond acceptors (Lipinski definition) is 3. The molecule has 3 aromatic rings. The predicted molar refractivity (Wildman–Crippen MR) is 72.7 cm³/mol. The Hall–Kier alpha value is -1.52. The third-order valence-electron chi connectivity index (χ3n) is 2.57. The average Bonchev–Trinajstić information content (AvgIpc) is 2.97. The lowest BCUT2D eigenvalue weighted by molar-refractivity contribution is 1.08. The molecule has 0 aliphatic rings. The number of H-pyrrole nitrogens is 1. The van der Waals surface area contributed by atoms with Crippen LogP contribution in [0.5, 0.6) is 0 Å². The van der Waals surface area contributed by atoms with Crippen molar-refractivity contribution in [3.63, 3.8) is 0 Å². The molecule has 3 nitrogen and oxygen atoms in total. The van der Waals surface area contributed by atoms with Gasteiger partial charge in [0.15, 0.2) is 0 Å². The van der Waals surface area contributed by atoms with Gasteiger partial charge in [-0.3, -0.25) is 0 Å². The maximum absolute atomic E-state index is 6.19. The summed E-state index contributed by atoms with van der Waals surface area (Å²) in [5, 5.41) is 4.03. The summed E-state index contributed by atoms with van der Waals surface area (Å²) in [6.45, 7) is 0.712. The van der Waals surface area contributed by atoms with Crippen LogP contribution in [0.4, 0.5) is 5.69 Å². The maximum atomic E-state index is 6.19. The lowest BCUT2D eigenvalue weighted by Gasteiger charge is -2.08. The zero-order valence-corrected chi connectivity index (χ0v) is 10.5. The number of thiazole rings is 1. The van der Waals surface area contributed by atoms with E-state index >= 15 is 0 Å². The topological polar surface area (TPSA) is 40.7 Å². The molecule has 0 aliphatic heterocycles. The Morgan fingerprint density at radius 1 is 1.35 bits per heavy atom. The second-order valence-electron chi connectivity index (χ2n) is 3.67. The molecule has 0 aliphatic carbocycles. The first-order valence-electron chi connectivity index (χ1n) is 5.22. The van der Waals surface area contributed by atoms with Gasteiger partial charge in [-0.1, -0.05) is 11.6 Å². The summed E-state index contributed by atoms with van der Waals surface area (Å²) in [5.74, 6) is 0. The van der Waals surface area contributed by atoms with Gasteiger partial charge >= 0.3 is 0 Å². The van der Waals surface area contributed by atoms with E-state index in [2.05, 4.69) is 15.3 Å². The Morgan fingerprint density at radius 2 is 2.29 bits per heavy atom. The predicted octanol–water partition coefficient (Wildman–Crippen LogP) is 3.89. The Labute approximate surface area is 107 Å². The zero-order valence-electron chi connectivity index (χ0n) is 8.90. The third-order valence-corrected chi connectivity index (χ3v) is 3.68. The molecule has 2 N–H and O–H groups in total. The van der Waals surface area contributed by atoms with Gasteiger partial charge in [0.2, 0.25) is 0 Å². The lowest BCUT2D eigenvalue weighted by Crippen LogP contribution is -2.00. The number of rotatable bonds is 3. The van der Waals surface area contributed by atoms with Crippen molar-refractivity contribution in [2.75, 3.05) is 5.32 Å². The van der Waals surface area contributed by atoms with E-state index in [9.17, 15) is 0 Å². The van der Waals surface area contributed by atoms with E-state index in [-0.39, 0.29) is 0 Å². The molecule has 0 fully saturated rings. The average molecular weight is 264 g/mol. The molecule has 0 saturated carbocycles. The van der Waals surface area contributed by atoms with Crippen LogP contribution in [0.2, 0.25) is 5.02 Å². The van der Waals surface area contributed by atoms with Crippen LogP contribution in [0.25, 0.3) is 10.2 Å². The molecule has 0 spiro atoms. The fourth-order valence-electron chi connectivity index (χ4n) is 1.74. The van der Waals surface area contributed by atoms with Crippen molar-refractivity contribution in [1.82, 2.24) is 9.97 Å². The fourth-order valence-corrected chi connectivity index (χ4v) is 2.64. The first kappa shape index (κ1) is 10.6. The molecule has 0 atom stereocenters. The normalized spacial score (nSPS) is 10.9. The summed E-state index contributed by atoms with van der Waals surface area (Å²) >= 11 is 7.81. The van der Waals surface area contributed by atoms with E-state index in [1.165, 1.54) is 0 Å². The summed E-state index contributed by atoms with van der Waals surface area (Å²) in [6, 6.07) is 7.90. The van der Waals surface area contributed by atoms with E-state index in [0.717, 1.165) is 21.6 Å². The molecule has 0 radical (unpaired) electrons. The lowest BCUT2D eigenvalue weighted by atomic mass is 10.2. The highest BCUT2D eigenvalue weighted by Gasteiger charge is 2.08. The number of fused-ring (bicyclic) bond motifs is 1. The van der Waals surface area contributed by atoms with Gasteiger partial charge in [0.05, 0.1) is 27.5 Å². The minimum absolute atomic E-state index is 0.704. The van der Waals surface area contributed by atoms with Crippen LogP contribution in [0, 0.1) is 0 Å².